The number of rotatable bonds is 2. The van der Waals surface area contributed by atoms with Crippen LogP contribution >= 0.6 is 0 Å². The third kappa shape index (κ3) is 5.60. The molecule has 0 aliphatic rings. The normalized spacial score (nSPS) is 10.0. The quantitative estimate of drug-likeness (QED) is 0.507. The molecule has 0 saturated heterocycles. The summed E-state index contributed by atoms with van der Waals surface area (Å²) in [6.45, 7) is 7.94. The molecule has 1 aromatic carbocycles. The van der Waals surface area contributed by atoms with E-state index in [1.807, 2.05) is 0 Å². The maximum absolute atomic E-state index is 10.8. The van der Waals surface area contributed by atoms with Gasteiger partial charge in [0.25, 0.3) is 10.1 Å². The molecular weight excluding hydrogens is 256 g/mol. The molecule has 1 rings (SSSR count). The molecule has 0 unspecified atom stereocenters. The van der Waals surface area contributed by atoms with Crippen molar-refractivity contribution in [3.63, 3.8) is 0 Å². The van der Waals surface area contributed by atoms with Gasteiger partial charge in [-0.25, -0.2) is 0 Å². The number of ether oxygens (including phenoxy) is 1. The van der Waals surface area contributed by atoms with Crippen LogP contribution in [0, 0.1) is 13.8 Å². The fourth-order valence-corrected chi connectivity index (χ4v) is 1.92. The first-order chi connectivity index (χ1) is 8.20. The number of hydrogen-bond donors (Lipinski definition) is 1. The zero-order valence-corrected chi connectivity index (χ0v) is 11.3. The van der Waals surface area contributed by atoms with Crippen molar-refractivity contribution in [3.05, 3.63) is 42.2 Å². The molecular formula is C12H16O5S. The summed E-state index contributed by atoms with van der Waals surface area (Å²) in [5, 5.41) is 0. The summed E-state index contributed by atoms with van der Waals surface area (Å²) < 4.78 is 34.5. The summed E-state index contributed by atoms with van der Waals surface area (Å²) >= 11 is 0. The molecule has 0 atom stereocenters. The summed E-state index contributed by atoms with van der Waals surface area (Å²) in [6.07, 6.45) is 1.10. The van der Waals surface area contributed by atoms with E-state index in [-0.39, 0.29) is 10.9 Å². The van der Waals surface area contributed by atoms with Crippen molar-refractivity contribution in [1.29, 1.82) is 0 Å². The summed E-state index contributed by atoms with van der Waals surface area (Å²) in [7, 11) is -4.06. The van der Waals surface area contributed by atoms with E-state index in [9.17, 15) is 13.2 Å². The molecule has 0 fully saturated rings. The highest BCUT2D eigenvalue weighted by atomic mass is 32.2. The summed E-state index contributed by atoms with van der Waals surface area (Å²) in [5.74, 6) is -0.329. The standard InChI is InChI=1S/C8H10O3S.C4H6O2/c1-6-4-3-5-8(7(6)2)12(9,10)11;1-3-6-4(2)5/h3-5H,1-2H3,(H,9,10,11);3H,1H2,2H3. The smallest absolute Gasteiger partial charge is 0.307 e. The number of hydrogen-bond acceptors (Lipinski definition) is 4. The molecule has 0 aliphatic carbocycles. The molecule has 0 radical (unpaired) electrons. The van der Waals surface area contributed by atoms with Crippen LogP contribution in [0.5, 0.6) is 0 Å². The van der Waals surface area contributed by atoms with E-state index in [1.165, 1.54) is 13.0 Å². The molecule has 1 aromatic rings. The molecule has 100 valence electrons. The Balaban J connectivity index is 0.000000411. The van der Waals surface area contributed by atoms with Gasteiger partial charge in [0.15, 0.2) is 0 Å². The van der Waals surface area contributed by atoms with Gasteiger partial charge in [0.05, 0.1) is 11.2 Å². The van der Waals surface area contributed by atoms with Crippen molar-refractivity contribution in [2.45, 2.75) is 25.7 Å². The molecule has 0 aromatic heterocycles. The van der Waals surface area contributed by atoms with E-state index in [0.717, 1.165) is 11.8 Å². The van der Waals surface area contributed by atoms with Gasteiger partial charge in [-0.2, -0.15) is 8.42 Å². The van der Waals surface area contributed by atoms with Crippen molar-refractivity contribution >= 4 is 16.1 Å². The highest BCUT2D eigenvalue weighted by molar-refractivity contribution is 7.85. The van der Waals surface area contributed by atoms with E-state index in [1.54, 1.807) is 26.0 Å². The van der Waals surface area contributed by atoms with E-state index in [4.69, 9.17) is 4.55 Å². The first-order valence-corrected chi connectivity index (χ1v) is 6.46. The van der Waals surface area contributed by atoms with Crippen molar-refractivity contribution in [2.75, 3.05) is 0 Å². The molecule has 0 saturated carbocycles. The van der Waals surface area contributed by atoms with Crippen molar-refractivity contribution in [1.82, 2.24) is 0 Å². The molecule has 5 nitrogen and oxygen atoms in total. The van der Waals surface area contributed by atoms with Crippen LogP contribution < -0.4 is 0 Å². The SMILES string of the molecule is C=COC(C)=O.Cc1cccc(S(=O)(=O)O)c1C. The Bertz CT molecular complexity index is 531. The third-order valence-corrected chi connectivity index (χ3v) is 3.08. The van der Waals surface area contributed by atoms with Crippen molar-refractivity contribution in [3.8, 4) is 0 Å². The van der Waals surface area contributed by atoms with Crippen LogP contribution in [0.25, 0.3) is 0 Å². The van der Waals surface area contributed by atoms with Gasteiger partial charge in [-0.15, -0.1) is 0 Å². The molecule has 0 spiro atoms. The average Bonchev–Trinajstić information content (AvgIpc) is 2.21. The second-order valence-corrected chi connectivity index (χ2v) is 4.84. The number of esters is 1. The summed E-state index contributed by atoms with van der Waals surface area (Å²) in [6, 6.07) is 4.78. The first-order valence-electron chi connectivity index (χ1n) is 5.02. The predicted molar refractivity (Wildman–Crippen MR) is 67.7 cm³/mol. The van der Waals surface area contributed by atoms with Gasteiger partial charge in [0, 0.05) is 6.92 Å². The predicted octanol–water partition coefficient (Wildman–Crippen LogP) is 2.24. The second-order valence-electron chi connectivity index (χ2n) is 3.45. The first kappa shape index (κ1) is 16.3. The van der Waals surface area contributed by atoms with Crippen LogP contribution in [0.4, 0.5) is 0 Å². The van der Waals surface area contributed by atoms with Crippen LogP contribution in [0.2, 0.25) is 0 Å². The van der Waals surface area contributed by atoms with Gasteiger partial charge in [-0.1, -0.05) is 18.7 Å². The monoisotopic (exact) mass is 272 g/mol. The van der Waals surface area contributed by atoms with Gasteiger partial charge in [-0.3, -0.25) is 9.35 Å². The fraction of sp³-hybridized carbons (Fsp3) is 0.250. The largest absolute Gasteiger partial charge is 0.435 e. The van der Waals surface area contributed by atoms with Gasteiger partial charge < -0.3 is 4.74 Å². The van der Waals surface area contributed by atoms with E-state index in [2.05, 4.69) is 11.3 Å². The summed E-state index contributed by atoms with van der Waals surface area (Å²) in [5.41, 5.74) is 1.45. The van der Waals surface area contributed by atoms with Crippen LogP contribution in [-0.2, 0) is 19.6 Å². The van der Waals surface area contributed by atoms with E-state index >= 15 is 0 Å². The number of benzene rings is 1. The highest BCUT2D eigenvalue weighted by Crippen LogP contribution is 2.17. The van der Waals surface area contributed by atoms with Gasteiger partial charge in [0.2, 0.25) is 0 Å². The number of carbonyl (C=O) groups is 1. The Morgan fingerprint density at radius 2 is 1.94 bits per heavy atom. The van der Waals surface area contributed by atoms with Gasteiger partial charge in [0.1, 0.15) is 0 Å². The van der Waals surface area contributed by atoms with Gasteiger partial charge >= 0.3 is 5.97 Å². The second kappa shape index (κ2) is 6.93. The van der Waals surface area contributed by atoms with Crippen LogP contribution in [0.1, 0.15) is 18.1 Å². The summed E-state index contributed by atoms with van der Waals surface area (Å²) in [4.78, 5) is 9.74. The van der Waals surface area contributed by atoms with Crippen molar-refractivity contribution in [2.24, 2.45) is 0 Å². The van der Waals surface area contributed by atoms with E-state index in [0.29, 0.717) is 5.56 Å². The lowest BCUT2D eigenvalue weighted by atomic mass is 10.1. The Kier molecular flexibility index (Phi) is 6.29. The number of aryl methyl sites for hydroxylation is 1. The minimum Gasteiger partial charge on any atom is -0.435 e. The zero-order valence-electron chi connectivity index (χ0n) is 10.5. The molecule has 0 aliphatic heterocycles. The fourth-order valence-electron chi connectivity index (χ4n) is 1.12. The minimum absolute atomic E-state index is 0.0116. The topological polar surface area (TPSA) is 80.7 Å². The average molecular weight is 272 g/mol. The maximum atomic E-state index is 10.8. The third-order valence-electron chi connectivity index (χ3n) is 2.08. The van der Waals surface area contributed by atoms with Crippen LogP contribution in [0.3, 0.4) is 0 Å². The lowest BCUT2D eigenvalue weighted by molar-refractivity contribution is -0.135. The van der Waals surface area contributed by atoms with E-state index < -0.39 is 10.1 Å². The number of carbonyl (C=O) groups excluding carboxylic acids is 1. The van der Waals surface area contributed by atoms with Crippen LogP contribution in [0.15, 0.2) is 35.9 Å². The Hall–Kier alpha value is -1.66. The lowest BCUT2D eigenvalue weighted by Crippen LogP contribution is -2.01. The molecule has 0 bridgehead atoms. The maximum Gasteiger partial charge on any atom is 0.307 e. The molecule has 18 heavy (non-hydrogen) atoms. The van der Waals surface area contributed by atoms with Gasteiger partial charge in [-0.05, 0) is 31.0 Å². The highest BCUT2D eigenvalue weighted by Gasteiger charge is 2.12. The van der Waals surface area contributed by atoms with Crippen LogP contribution in [-0.4, -0.2) is 18.9 Å². The molecule has 0 amide bonds. The minimum atomic E-state index is -4.06. The van der Waals surface area contributed by atoms with Crippen molar-refractivity contribution < 1.29 is 22.5 Å². The zero-order chi connectivity index (χ0) is 14.3. The Morgan fingerprint density at radius 3 is 2.22 bits per heavy atom. The molecule has 1 N–H and O–H groups in total. The Morgan fingerprint density at radius 1 is 1.39 bits per heavy atom. The molecule has 6 heteroatoms. The molecule has 0 heterocycles. The Labute approximate surface area is 107 Å². The lowest BCUT2D eigenvalue weighted by Gasteiger charge is -2.03.